The molecule has 5 heteroatoms. The Kier molecular flexibility index (Phi) is 7.42. The van der Waals surface area contributed by atoms with E-state index in [1.165, 1.54) is 11.1 Å². The van der Waals surface area contributed by atoms with Crippen LogP contribution in [0.5, 0.6) is 0 Å². The van der Waals surface area contributed by atoms with Gasteiger partial charge in [-0.2, -0.15) is 0 Å². The Morgan fingerprint density at radius 3 is 1.57 bits per heavy atom. The Bertz CT molecular complexity index is 3220. The van der Waals surface area contributed by atoms with Crippen molar-refractivity contribution in [2.45, 2.75) is 0 Å². The van der Waals surface area contributed by atoms with E-state index < -0.39 is 0 Å². The maximum absolute atomic E-state index is 6.87. The summed E-state index contributed by atoms with van der Waals surface area (Å²) in [7, 11) is 0. The highest BCUT2D eigenvalue weighted by molar-refractivity contribution is 6.24. The van der Waals surface area contributed by atoms with Crippen LogP contribution in [0, 0.1) is 0 Å². The van der Waals surface area contributed by atoms with Crippen LogP contribution in [0.2, 0.25) is 0 Å². The van der Waals surface area contributed by atoms with Gasteiger partial charge in [0, 0.05) is 38.5 Å². The molecule has 3 heterocycles. The molecule has 8 aromatic carbocycles. The van der Waals surface area contributed by atoms with E-state index in [0.717, 1.165) is 77.2 Å². The summed E-state index contributed by atoms with van der Waals surface area (Å²) >= 11 is 0. The maximum Gasteiger partial charge on any atom is 0.164 e. The summed E-state index contributed by atoms with van der Waals surface area (Å²) < 4.78 is 9.21. The van der Waals surface area contributed by atoms with Gasteiger partial charge in [0.2, 0.25) is 0 Å². The van der Waals surface area contributed by atoms with E-state index in [1.54, 1.807) is 0 Å². The van der Waals surface area contributed by atoms with Crippen molar-refractivity contribution in [1.82, 2.24) is 19.5 Å². The van der Waals surface area contributed by atoms with Crippen LogP contribution < -0.4 is 0 Å². The van der Waals surface area contributed by atoms with E-state index in [-0.39, 0.29) is 0 Å². The first-order valence-electron chi connectivity index (χ1n) is 18.8. The molecule has 0 aliphatic rings. The third-order valence-electron chi connectivity index (χ3n) is 10.7. The predicted octanol–water partition coefficient (Wildman–Crippen LogP) is 13.2. The zero-order chi connectivity index (χ0) is 37.0. The van der Waals surface area contributed by atoms with Crippen LogP contribution >= 0.6 is 0 Å². The fraction of sp³-hybridized carbons (Fsp3) is 0. The number of benzene rings is 8. The largest absolute Gasteiger partial charge is 0.455 e. The molecule has 0 saturated carbocycles. The summed E-state index contributed by atoms with van der Waals surface area (Å²) in [6.45, 7) is 0. The molecule has 0 radical (unpaired) electrons. The number of furan rings is 1. The van der Waals surface area contributed by atoms with Crippen LogP contribution in [0.4, 0.5) is 0 Å². The molecule has 56 heavy (non-hydrogen) atoms. The topological polar surface area (TPSA) is 56.7 Å². The number of hydrogen-bond acceptors (Lipinski definition) is 4. The van der Waals surface area contributed by atoms with Gasteiger partial charge in [0.15, 0.2) is 17.5 Å². The average molecular weight is 717 g/mol. The fourth-order valence-electron chi connectivity index (χ4n) is 7.96. The number of para-hydroxylation sites is 1. The molecule has 0 aliphatic heterocycles. The lowest BCUT2D eigenvalue weighted by molar-refractivity contribution is 0.673. The molecule has 0 fully saturated rings. The molecule has 0 bridgehead atoms. The molecule has 0 amide bonds. The molecule has 0 N–H and O–H groups in total. The lowest BCUT2D eigenvalue weighted by atomic mass is 10.0. The van der Waals surface area contributed by atoms with Crippen LogP contribution in [0.15, 0.2) is 199 Å². The van der Waals surface area contributed by atoms with E-state index in [0.29, 0.717) is 17.5 Å². The molecule has 0 atom stereocenters. The van der Waals surface area contributed by atoms with Gasteiger partial charge in [-0.3, -0.25) is 0 Å². The number of hydrogen-bond donors (Lipinski definition) is 0. The zero-order valence-electron chi connectivity index (χ0n) is 30.2. The molecule has 11 aromatic rings. The Morgan fingerprint density at radius 1 is 0.339 bits per heavy atom. The van der Waals surface area contributed by atoms with Crippen molar-refractivity contribution in [2.24, 2.45) is 0 Å². The number of nitrogens with zero attached hydrogens (tertiary/aromatic N) is 4. The van der Waals surface area contributed by atoms with E-state index in [1.807, 2.05) is 42.5 Å². The first-order valence-corrected chi connectivity index (χ1v) is 18.8. The second-order valence-electron chi connectivity index (χ2n) is 14.0. The molecule has 0 saturated heterocycles. The first kappa shape index (κ1) is 31.9. The first-order chi connectivity index (χ1) is 27.7. The van der Waals surface area contributed by atoms with Gasteiger partial charge in [0.05, 0.1) is 16.4 Å². The third kappa shape index (κ3) is 5.37. The third-order valence-corrected chi connectivity index (χ3v) is 10.7. The van der Waals surface area contributed by atoms with Crippen molar-refractivity contribution < 1.29 is 4.42 Å². The molecule has 5 nitrogen and oxygen atoms in total. The lowest BCUT2D eigenvalue weighted by Crippen LogP contribution is -2.00. The van der Waals surface area contributed by atoms with Gasteiger partial charge in [-0.15, -0.1) is 0 Å². The highest BCUT2D eigenvalue weighted by atomic mass is 16.3. The van der Waals surface area contributed by atoms with E-state index >= 15 is 0 Å². The molecular weight excluding hydrogens is 685 g/mol. The molecule has 262 valence electrons. The second kappa shape index (κ2) is 13.0. The minimum absolute atomic E-state index is 0.585. The predicted molar refractivity (Wildman–Crippen MR) is 229 cm³/mol. The summed E-state index contributed by atoms with van der Waals surface area (Å²) in [4.78, 5) is 15.1. The monoisotopic (exact) mass is 716 g/mol. The fourth-order valence-corrected chi connectivity index (χ4v) is 7.96. The van der Waals surface area contributed by atoms with Gasteiger partial charge in [0.1, 0.15) is 11.2 Å². The van der Waals surface area contributed by atoms with Gasteiger partial charge in [0.25, 0.3) is 0 Å². The summed E-state index contributed by atoms with van der Waals surface area (Å²) in [5.41, 5.74) is 12.3. The molecule has 0 aliphatic carbocycles. The number of rotatable bonds is 6. The average Bonchev–Trinajstić information content (AvgIpc) is 3.83. The van der Waals surface area contributed by atoms with E-state index in [4.69, 9.17) is 19.4 Å². The Balaban J connectivity index is 1.06. The summed E-state index contributed by atoms with van der Waals surface area (Å²) in [5.74, 6) is 1.82. The van der Waals surface area contributed by atoms with Crippen molar-refractivity contribution in [2.75, 3.05) is 0 Å². The molecule has 11 rings (SSSR count). The maximum atomic E-state index is 6.87. The van der Waals surface area contributed by atoms with Gasteiger partial charge >= 0.3 is 0 Å². The highest BCUT2D eigenvalue weighted by Crippen LogP contribution is 2.41. The van der Waals surface area contributed by atoms with E-state index in [9.17, 15) is 0 Å². The van der Waals surface area contributed by atoms with Crippen LogP contribution in [-0.4, -0.2) is 19.5 Å². The normalized spacial score (nSPS) is 11.6. The van der Waals surface area contributed by atoms with Gasteiger partial charge in [-0.05, 0) is 70.8 Å². The molecule has 3 aromatic heterocycles. The van der Waals surface area contributed by atoms with Crippen molar-refractivity contribution in [3.63, 3.8) is 0 Å². The Hall–Kier alpha value is -7.63. The Labute approximate surface area is 322 Å². The summed E-state index contributed by atoms with van der Waals surface area (Å²) in [6, 6.07) is 67.4. The zero-order valence-corrected chi connectivity index (χ0v) is 30.2. The second-order valence-corrected chi connectivity index (χ2v) is 14.0. The van der Waals surface area contributed by atoms with Gasteiger partial charge < -0.3 is 8.98 Å². The van der Waals surface area contributed by atoms with Crippen molar-refractivity contribution >= 4 is 43.7 Å². The SMILES string of the molecule is c1ccc(-c2ccc(-n3c4ccccc4c4c5oc6cc(-c7nc(-c8ccccc8)nc(-c8cccc(-c9ccccc9)c8)n7)ccc6c5ccc43)cc2)cc1. The van der Waals surface area contributed by atoms with E-state index in [2.05, 4.69) is 156 Å². The minimum Gasteiger partial charge on any atom is -0.455 e. The van der Waals surface area contributed by atoms with Crippen LogP contribution in [0.1, 0.15) is 0 Å². The van der Waals surface area contributed by atoms with Crippen LogP contribution in [-0.2, 0) is 0 Å². The highest BCUT2D eigenvalue weighted by Gasteiger charge is 2.20. The number of aromatic nitrogens is 4. The van der Waals surface area contributed by atoms with Gasteiger partial charge in [-0.25, -0.2) is 15.0 Å². The summed E-state index contributed by atoms with van der Waals surface area (Å²) in [5, 5.41) is 4.35. The van der Waals surface area contributed by atoms with Crippen molar-refractivity contribution in [3.8, 4) is 62.1 Å². The van der Waals surface area contributed by atoms with Crippen LogP contribution in [0.25, 0.3) is 106 Å². The Morgan fingerprint density at radius 2 is 0.857 bits per heavy atom. The van der Waals surface area contributed by atoms with Crippen molar-refractivity contribution in [3.05, 3.63) is 194 Å². The standard InChI is InChI=1S/C51H32N4O/c1-4-13-33(14-5-1)35-23-26-40(27-24-35)55-44-22-11-10-21-43(44)47-45(55)30-29-42-41-28-25-39(32-46(41)56-48(42)47)51-53-49(36-17-8-3-9-18-36)52-50(54-51)38-20-12-19-37(31-38)34-15-6-2-7-16-34/h1-32H. The lowest BCUT2D eigenvalue weighted by Gasteiger charge is -2.09. The molecular formula is C51H32N4O. The van der Waals surface area contributed by atoms with Crippen molar-refractivity contribution in [1.29, 1.82) is 0 Å². The number of fused-ring (bicyclic) bond motifs is 7. The van der Waals surface area contributed by atoms with Gasteiger partial charge in [-0.1, -0.05) is 146 Å². The van der Waals surface area contributed by atoms with Crippen LogP contribution in [0.3, 0.4) is 0 Å². The molecule has 0 unspecified atom stereocenters. The summed E-state index contributed by atoms with van der Waals surface area (Å²) in [6.07, 6.45) is 0. The smallest absolute Gasteiger partial charge is 0.164 e. The minimum atomic E-state index is 0.585. The quantitative estimate of drug-likeness (QED) is 0.172. The molecule has 0 spiro atoms.